The number of pyridine rings is 2. The summed E-state index contributed by atoms with van der Waals surface area (Å²) in [7, 11) is 0.705. The molecule has 0 radical (unpaired) electrons. The molecule has 6 aliphatic carbocycles. The molecule has 118 heavy (non-hydrogen) atoms. The molecule has 4 aromatic rings. The Kier molecular flexibility index (Phi) is 34.3. The average molecular weight is 1700 g/mol. The number of unbranched alkanes of at least 4 members (excludes halogenated alkanes) is 2. The van der Waals surface area contributed by atoms with Gasteiger partial charge >= 0.3 is 165 Å². The number of halogens is 2. The van der Waals surface area contributed by atoms with Crippen LogP contribution in [-0.2, 0) is 74.6 Å². The van der Waals surface area contributed by atoms with Crippen LogP contribution in [0.1, 0.15) is 184 Å². The second-order valence-corrected chi connectivity index (χ2v) is 31.6. The number of ether oxygens (including phenoxy) is 5. The number of esters is 1. The van der Waals surface area contributed by atoms with Gasteiger partial charge in [-0.25, -0.2) is 28.0 Å². The van der Waals surface area contributed by atoms with Crippen LogP contribution < -0.4 is 148 Å². The number of para-hydroxylation sites is 2. The third-order valence-corrected chi connectivity index (χ3v) is 23.9. The van der Waals surface area contributed by atoms with Gasteiger partial charge in [-0.15, -0.1) is 0 Å². The van der Waals surface area contributed by atoms with Gasteiger partial charge in [-0.05, 0) is 144 Å². The predicted octanol–water partition coefficient (Wildman–Crippen LogP) is 0.119. The van der Waals surface area contributed by atoms with E-state index in [1.165, 1.54) is 42.5 Å². The van der Waals surface area contributed by atoms with Crippen molar-refractivity contribution >= 4 is 80.2 Å². The third kappa shape index (κ3) is 20.9. The van der Waals surface area contributed by atoms with Crippen molar-refractivity contribution in [3.8, 4) is 23.0 Å². The number of nitrogens with one attached hydrogen (secondary N) is 4. The summed E-state index contributed by atoms with van der Waals surface area (Å²) in [5.41, 5.74) is -1.19. The number of carbonyl (C=O) groups excluding carboxylic acids is 10. The minimum Gasteiger partial charge on any atom is -1.00 e. The first-order valence-corrected chi connectivity index (χ1v) is 39.3. The molecule has 6 saturated carbocycles. The number of amides is 10. The smallest absolute Gasteiger partial charge is 1.00 e. The molecule has 39 heteroatoms. The van der Waals surface area contributed by atoms with Crippen molar-refractivity contribution in [1.29, 1.82) is 0 Å². The van der Waals surface area contributed by atoms with Crippen molar-refractivity contribution in [2.24, 2.45) is 34.5 Å². The Hall–Kier alpha value is -6.83. The van der Waals surface area contributed by atoms with Gasteiger partial charge in [-0.3, -0.25) is 53.3 Å². The maximum atomic E-state index is 16.0. The molecular weight excluding hydrogens is 1590 g/mol. The van der Waals surface area contributed by atoms with Gasteiger partial charge in [0.25, 0.3) is 6.47 Å². The number of hydrogen-bond acceptors (Lipinski definition) is 24. The molecule has 4 saturated heterocycles. The number of piperazine rings is 2. The Morgan fingerprint density at radius 3 is 1.37 bits per heavy atom. The van der Waals surface area contributed by atoms with E-state index in [4.69, 9.17) is 52.4 Å². The quantitative estimate of drug-likeness (QED) is 0.00880. The van der Waals surface area contributed by atoms with Crippen LogP contribution in [-0.4, -0.2) is 223 Å². The van der Waals surface area contributed by atoms with E-state index >= 15 is 8.78 Å². The Balaban J connectivity index is 0.000000307. The molecule has 2 aromatic heterocycles. The fourth-order valence-electron chi connectivity index (χ4n) is 17.2. The van der Waals surface area contributed by atoms with Gasteiger partial charge in [0.05, 0.1) is 81.7 Å². The molecule has 4 bridgehead atoms. The first-order valence-electron chi connectivity index (χ1n) is 39.3. The standard InChI is InChI=1S/C40H53BFN5O10.C38H49BFN5O10.CH2O3.2K.H/c1-8-11-17-55-25-20-28(42)30(43-22-25)31(45-38(52)47-16-15-46(9-2)35(49)36(47)50)34(48)44-29(18-23-13-12-14-26(32(23)53-7)37(51)54-10-3)41-56-33-27-19-24(39(27,4)5)21-40(33,6)57-41;1-7-9-15-53-23-18-26(40)28(41-20-23)29(43-36(51)45-14-13-44(8-2)33(47)34(45)48)32(46)42-27(16-21-11-10-12-24(35(49)50)30(21)52-6)39-54-31-25-17-22(37(25,3)4)19-38(31,5)55-39;2-1-4-3;;;/h12-14,20,22,24,27,29,31,33H,8-11,15-19,21H2,1-7H3,(H,44,48)(H,45,52);10-12,18,20,22,25,27,29,31H,7-9,13-17,19H2,1-6H3,(H,42,46)(H,43,51)(H,49,50);1,3H;;;/q;;;2*+1;-1/p-1/t24-,27+,29+,31?,33-,40+;22-,25+,27+,29?,31-,38+;;;;/m11..../s1. The van der Waals surface area contributed by atoms with E-state index < -0.39 is 132 Å². The molecule has 2 unspecified atom stereocenters. The van der Waals surface area contributed by atoms with Gasteiger partial charge in [-0.2, -0.15) is 0 Å². The first-order chi connectivity index (χ1) is 55.2. The minimum atomic E-state index is -1.81. The number of benzene rings is 2. The number of carboxylic acid groups (broad SMARTS) is 1. The normalized spacial score (nSPS) is 23.7. The summed E-state index contributed by atoms with van der Waals surface area (Å²) in [5.74, 6) is -9.69. The van der Waals surface area contributed by atoms with Crippen molar-refractivity contribution in [1.82, 2.24) is 50.8 Å². The van der Waals surface area contributed by atoms with Crippen LogP contribution in [0, 0.1) is 46.1 Å². The van der Waals surface area contributed by atoms with E-state index in [1.807, 2.05) is 27.7 Å². The van der Waals surface area contributed by atoms with Crippen molar-refractivity contribution in [3.63, 3.8) is 0 Å². The minimum absolute atomic E-state index is 0. The summed E-state index contributed by atoms with van der Waals surface area (Å²) < 4.78 is 86.4. The number of urea groups is 2. The van der Waals surface area contributed by atoms with Crippen LogP contribution in [0.15, 0.2) is 60.9 Å². The van der Waals surface area contributed by atoms with Gasteiger partial charge in [0.2, 0.25) is 11.8 Å². The number of likely N-dealkylation sites (N-methyl/N-ethyl adjacent to an activating group) is 2. The second kappa shape index (κ2) is 41.8. The molecule has 6 heterocycles. The van der Waals surface area contributed by atoms with E-state index in [0.717, 1.165) is 57.1 Å². The Bertz CT molecular complexity index is 4360. The molecule has 4 aliphatic heterocycles. The second-order valence-electron chi connectivity index (χ2n) is 31.6. The van der Waals surface area contributed by atoms with Crippen LogP contribution in [0.2, 0.25) is 0 Å². The van der Waals surface area contributed by atoms with Crippen LogP contribution >= 0.6 is 0 Å². The van der Waals surface area contributed by atoms with Crippen LogP contribution in [0.5, 0.6) is 23.0 Å². The molecular formula is C79H104B2F2K2N10O23. The number of rotatable bonds is 30. The van der Waals surface area contributed by atoms with Gasteiger partial charge in [0, 0.05) is 51.4 Å². The third-order valence-electron chi connectivity index (χ3n) is 23.9. The molecule has 10 fully saturated rings. The molecule has 0 spiro atoms. The molecule has 2 aromatic carbocycles. The average Bonchev–Trinajstić information content (AvgIpc) is 1.61. The number of nitrogens with zero attached hydrogens (tertiary/aromatic N) is 6. The van der Waals surface area contributed by atoms with E-state index in [9.17, 15) is 53.1 Å². The number of methoxy groups -OCH3 is 2. The van der Waals surface area contributed by atoms with Gasteiger partial charge in [0.1, 0.15) is 45.5 Å². The molecule has 12 atom stereocenters. The molecule has 630 valence electrons. The van der Waals surface area contributed by atoms with Gasteiger partial charge in [0.15, 0.2) is 23.7 Å². The molecule has 14 rings (SSSR count). The monoisotopic (exact) mass is 1700 g/mol. The number of imide groups is 2. The Labute approximate surface area is 771 Å². The number of carboxylic acids is 1. The summed E-state index contributed by atoms with van der Waals surface area (Å²) in [6.07, 6.45) is 8.44. The van der Waals surface area contributed by atoms with Crippen LogP contribution in [0.3, 0.4) is 0 Å². The van der Waals surface area contributed by atoms with Crippen molar-refractivity contribution < 1.29 is 223 Å². The Morgan fingerprint density at radius 1 is 0.627 bits per heavy atom. The van der Waals surface area contributed by atoms with Crippen molar-refractivity contribution in [2.45, 2.75) is 188 Å². The summed E-state index contributed by atoms with van der Waals surface area (Å²) in [4.78, 5) is 157. The zero-order valence-electron chi connectivity index (χ0n) is 70.6. The van der Waals surface area contributed by atoms with E-state index in [0.29, 0.717) is 52.4 Å². The summed E-state index contributed by atoms with van der Waals surface area (Å²) in [6.45, 7) is 22.9. The summed E-state index contributed by atoms with van der Waals surface area (Å²) in [6, 6.07) is 5.93. The van der Waals surface area contributed by atoms with E-state index in [1.54, 1.807) is 51.1 Å². The topological polar surface area (TPSA) is 410 Å². The maximum absolute atomic E-state index is 16.0. The summed E-state index contributed by atoms with van der Waals surface area (Å²) in [5, 5.41) is 29.1. The first kappa shape index (κ1) is 96.6. The molecule has 33 nitrogen and oxygen atoms in total. The maximum Gasteiger partial charge on any atom is 1.00 e. The number of hydrogen-bond donors (Lipinski definition) is 5. The largest absolute Gasteiger partial charge is 1.00 e. The van der Waals surface area contributed by atoms with Crippen molar-refractivity contribution in [2.75, 3.05) is 73.3 Å². The van der Waals surface area contributed by atoms with Crippen LogP contribution in [0.4, 0.5) is 18.4 Å². The fourth-order valence-corrected chi connectivity index (χ4v) is 17.2. The molecule has 10 amide bonds. The number of aromatic carboxylic acids is 1. The molecule has 5 N–H and O–H groups in total. The SMILES string of the molecule is CCCCOc1cnc(C(NC(=O)N2CCN(CC)C(=O)C2=O)C(=O)N[C@@H](Cc2cccc(C(=O)O)c2OC)B2O[C@@H]3[C@@H]4C[C@H](C[C@]3(C)O2)C4(C)C)c(F)c1.CCCCOc1cnc(C(NC(=O)N2CCN(CC)C(=O)C2=O)C(=O)N[C@@H](Cc2cccc(C(=O)OCC)c2OC)B2O[C@@H]3[C@@H]4C[C@H](C[C@]3(C)O2)C4(C)C)c(F)c1.O=CO[O-].[H-].[K+].[K+]. The van der Waals surface area contributed by atoms with Gasteiger partial charge in [-0.1, -0.05) is 78.6 Å². The summed E-state index contributed by atoms with van der Waals surface area (Å²) >= 11 is 0. The fraction of sp³-hybridized carbons (Fsp3) is 0.582. The van der Waals surface area contributed by atoms with Gasteiger partial charge < -0.3 is 90.0 Å². The van der Waals surface area contributed by atoms with Crippen LogP contribution in [0.25, 0.3) is 0 Å². The zero-order chi connectivity index (χ0) is 84.5. The van der Waals surface area contributed by atoms with E-state index in [-0.39, 0.29) is 238 Å². The van der Waals surface area contributed by atoms with Crippen molar-refractivity contribution in [3.05, 3.63) is 106 Å². The van der Waals surface area contributed by atoms with E-state index in [2.05, 4.69) is 63.8 Å². The predicted molar refractivity (Wildman–Crippen MR) is 408 cm³/mol. The number of carbonyl (C=O) groups is 11. The number of aromatic nitrogens is 2. The molecule has 10 aliphatic rings. The zero-order valence-corrected chi connectivity index (χ0v) is 75.8. The Morgan fingerprint density at radius 2 is 1.03 bits per heavy atom.